The highest BCUT2D eigenvalue weighted by Gasteiger charge is 2.11. The molecule has 100 valence electrons. The van der Waals surface area contributed by atoms with Crippen LogP contribution in [0.3, 0.4) is 0 Å². The monoisotopic (exact) mass is 254 g/mol. The molecule has 0 fully saturated rings. The Balaban J connectivity index is 2.46. The highest BCUT2D eigenvalue weighted by atomic mass is 17.2. The fourth-order valence-electron chi connectivity index (χ4n) is 1.29. The smallest absolute Gasteiger partial charge is 0.373 e. The Morgan fingerprint density at radius 1 is 1.28 bits per heavy atom. The molecule has 0 saturated carbocycles. The summed E-state index contributed by atoms with van der Waals surface area (Å²) in [5.41, 5.74) is 0.406. The first-order valence-electron chi connectivity index (χ1n) is 5.76. The zero-order chi connectivity index (χ0) is 13.4. The maximum absolute atomic E-state index is 11.6. The number of ether oxygens (including phenoxy) is 2. The molecule has 0 amide bonds. The van der Waals surface area contributed by atoms with Crippen LogP contribution in [0.1, 0.15) is 24.2 Å². The summed E-state index contributed by atoms with van der Waals surface area (Å²) >= 11 is 0. The van der Waals surface area contributed by atoms with E-state index in [2.05, 4.69) is 4.89 Å². The SMILES string of the molecule is CCOc1ccc(C(=O)OOC(C)COC)cc1. The second-order valence-electron chi connectivity index (χ2n) is 3.69. The van der Waals surface area contributed by atoms with Crippen LogP contribution in [-0.4, -0.2) is 32.4 Å². The van der Waals surface area contributed by atoms with Crippen molar-refractivity contribution in [2.45, 2.75) is 20.0 Å². The van der Waals surface area contributed by atoms with Crippen molar-refractivity contribution in [1.82, 2.24) is 0 Å². The van der Waals surface area contributed by atoms with Gasteiger partial charge in [0, 0.05) is 7.11 Å². The second kappa shape index (κ2) is 7.68. The van der Waals surface area contributed by atoms with E-state index in [-0.39, 0.29) is 6.10 Å². The van der Waals surface area contributed by atoms with Gasteiger partial charge in [-0.2, -0.15) is 4.89 Å². The summed E-state index contributed by atoms with van der Waals surface area (Å²) in [6, 6.07) is 6.66. The van der Waals surface area contributed by atoms with Crippen LogP contribution in [0.4, 0.5) is 0 Å². The van der Waals surface area contributed by atoms with Crippen molar-refractivity contribution in [3.05, 3.63) is 29.8 Å². The molecule has 1 unspecified atom stereocenters. The lowest BCUT2D eigenvalue weighted by Gasteiger charge is -2.10. The quantitative estimate of drug-likeness (QED) is 0.551. The van der Waals surface area contributed by atoms with E-state index >= 15 is 0 Å². The first kappa shape index (κ1) is 14.5. The highest BCUT2D eigenvalue weighted by Crippen LogP contribution is 2.13. The molecule has 0 aliphatic heterocycles. The van der Waals surface area contributed by atoms with Gasteiger partial charge in [-0.3, -0.25) is 4.89 Å². The molecular formula is C13H18O5. The zero-order valence-corrected chi connectivity index (χ0v) is 10.8. The summed E-state index contributed by atoms with van der Waals surface area (Å²) in [7, 11) is 1.55. The molecule has 0 saturated heterocycles. The minimum atomic E-state index is -0.541. The number of hydrogen-bond donors (Lipinski definition) is 0. The Labute approximate surface area is 107 Å². The first-order valence-corrected chi connectivity index (χ1v) is 5.76. The van der Waals surface area contributed by atoms with Gasteiger partial charge in [-0.15, -0.1) is 0 Å². The van der Waals surface area contributed by atoms with E-state index in [1.165, 1.54) is 0 Å². The number of hydrogen-bond acceptors (Lipinski definition) is 5. The minimum Gasteiger partial charge on any atom is -0.494 e. The molecule has 0 aliphatic carbocycles. The van der Waals surface area contributed by atoms with Crippen molar-refractivity contribution in [2.24, 2.45) is 0 Å². The lowest BCUT2D eigenvalue weighted by atomic mass is 10.2. The maximum atomic E-state index is 11.6. The Morgan fingerprint density at radius 2 is 1.94 bits per heavy atom. The minimum absolute atomic E-state index is 0.304. The fourth-order valence-corrected chi connectivity index (χ4v) is 1.29. The molecule has 1 aromatic carbocycles. The van der Waals surface area contributed by atoms with Crippen molar-refractivity contribution in [3.8, 4) is 5.75 Å². The molecule has 1 atom stereocenters. The summed E-state index contributed by atoms with van der Waals surface area (Å²) in [5, 5.41) is 0. The molecule has 0 spiro atoms. The largest absolute Gasteiger partial charge is 0.494 e. The number of carbonyl (C=O) groups excluding carboxylic acids is 1. The van der Waals surface area contributed by atoms with Crippen LogP contribution in [-0.2, 0) is 14.5 Å². The van der Waals surface area contributed by atoms with Crippen molar-refractivity contribution < 1.29 is 24.0 Å². The van der Waals surface area contributed by atoms with Crippen LogP contribution < -0.4 is 4.74 Å². The maximum Gasteiger partial charge on any atom is 0.373 e. The molecule has 18 heavy (non-hydrogen) atoms. The standard InChI is InChI=1S/C13H18O5/c1-4-16-12-7-5-11(6-8-12)13(14)18-17-10(2)9-15-3/h5-8,10H,4,9H2,1-3H3. The van der Waals surface area contributed by atoms with E-state index < -0.39 is 5.97 Å². The summed E-state index contributed by atoms with van der Waals surface area (Å²) in [4.78, 5) is 21.1. The van der Waals surface area contributed by atoms with Crippen molar-refractivity contribution in [3.63, 3.8) is 0 Å². The zero-order valence-electron chi connectivity index (χ0n) is 10.8. The summed E-state index contributed by atoms with van der Waals surface area (Å²) in [5.74, 6) is 0.170. The lowest BCUT2D eigenvalue weighted by molar-refractivity contribution is -0.276. The third-order valence-corrected chi connectivity index (χ3v) is 2.09. The van der Waals surface area contributed by atoms with Gasteiger partial charge in [0.05, 0.1) is 18.8 Å². The number of rotatable bonds is 7. The molecule has 0 N–H and O–H groups in total. The van der Waals surface area contributed by atoms with E-state index in [1.807, 2.05) is 6.92 Å². The number of carbonyl (C=O) groups is 1. The van der Waals surface area contributed by atoms with E-state index in [0.717, 1.165) is 0 Å². The van der Waals surface area contributed by atoms with Crippen LogP contribution in [0.25, 0.3) is 0 Å². The molecule has 0 aromatic heterocycles. The number of benzene rings is 1. The van der Waals surface area contributed by atoms with E-state index in [9.17, 15) is 4.79 Å². The molecule has 5 heteroatoms. The van der Waals surface area contributed by atoms with Gasteiger partial charge < -0.3 is 9.47 Å². The third-order valence-electron chi connectivity index (χ3n) is 2.09. The van der Waals surface area contributed by atoms with Crippen molar-refractivity contribution in [2.75, 3.05) is 20.3 Å². The van der Waals surface area contributed by atoms with Gasteiger partial charge in [-0.05, 0) is 38.1 Å². The second-order valence-corrected chi connectivity index (χ2v) is 3.69. The van der Waals surface area contributed by atoms with Gasteiger partial charge in [-0.25, -0.2) is 4.79 Å². The molecule has 1 aromatic rings. The van der Waals surface area contributed by atoms with Crippen LogP contribution in [0.2, 0.25) is 0 Å². The van der Waals surface area contributed by atoms with Gasteiger partial charge >= 0.3 is 5.97 Å². The molecule has 0 aliphatic rings. The van der Waals surface area contributed by atoms with Gasteiger partial charge in [0.15, 0.2) is 0 Å². The molecular weight excluding hydrogens is 236 g/mol. The lowest BCUT2D eigenvalue weighted by Crippen LogP contribution is -2.18. The normalized spacial score (nSPS) is 11.9. The molecule has 5 nitrogen and oxygen atoms in total. The van der Waals surface area contributed by atoms with Gasteiger partial charge in [0.25, 0.3) is 0 Å². The van der Waals surface area contributed by atoms with E-state index in [0.29, 0.717) is 24.5 Å². The van der Waals surface area contributed by atoms with Crippen molar-refractivity contribution in [1.29, 1.82) is 0 Å². The topological polar surface area (TPSA) is 54.0 Å². The van der Waals surface area contributed by atoms with Crippen molar-refractivity contribution >= 4 is 5.97 Å². The average molecular weight is 254 g/mol. The Hall–Kier alpha value is -1.59. The predicted octanol–water partition coefficient (Wildman–Crippen LogP) is 2.21. The van der Waals surface area contributed by atoms with Gasteiger partial charge in [0.2, 0.25) is 0 Å². The van der Waals surface area contributed by atoms with Crippen LogP contribution in [0.5, 0.6) is 5.75 Å². The molecule has 0 heterocycles. The summed E-state index contributed by atoms with van der Waals surface area (Å²) in [6.07, 6.45) is -0.304. The van der Waals surface area contributed by atoms with Crippen LogP contribution in [0.15, 0.2) is 24.3 Å². The fraction of sp³-hybridized carbons (Fsp3) is 0.462. The van der Waals surface area contributed by atoms with Gasteiger partial charge in [-0.1, -0.05) is 0 Å². The van der Waals surface area contributed by atoms with Gasteiger partial charge in [0.1, 0.15) is 11.9 Å². The molecule has 0 radical (unpaired) electrons. The highest BCUT2D eigenvalue weighted by molar-refractivity contribution is 5.89. The predicted molar refractivity (Wildman–Crippen MR) is 65.4 cm³/mol. The number of methoxy groups -OCH3 is 1. The Kier molecular flexibility index (Phi) is 6.18. The summed E-state index contributed by atoms with van der Waals surface area (Å²) < 4.78 is 10.1. The van der Waals surface area contributed by atoms with Crippen LogP contribution in [0, 0.1) is 0 Å². The molecule has 1 rings (SSSR count). The first-order chi connectivity index (χ1) is 8.67. The Bertz CT molecular complexity index is 360. The van der Waals surface area contributed by atoms with E-state index in [4.69, 9.17) is 14.4 Å². The Morgan fingerprint density at radius 3 is 2.50 bits per heavy atom. The van der Waals surface area contributed by atoms with Crippen LogP contribution >= 0.6 is 0 Å². The van der Waals surface area contributed by atoms with E-state index in [1.54, 1.807) is 38.3 Å². The summed E-state index contributed by atoms with van der Waals surface area (Å²) in [6.45, 7) is 4.58. The molecule has 0 bridgehead atoms. The average Bonchev–Trinajstić information content (AvgIpc) is 2.37. The third kappa shape index (κ3) is 4.73.